The predicted molar refractivity (Wildman–Crippen MR) is 65.4 cm³/mol. The number of aromatic nitrogens is 3. The Morgan fingerprint density at radius 2 is 2.22 bits per heavy atom. The van der Waals surface area contributed by atoms with E-state index in [1.807, 2.05) is 6.92 Å². The summed E-state index contributed by atoms with van der Waals surface area (Å²) < 4.78 is 14.9. The van der Waals surface area contributed by atoms with E-state index in [0.717, 1.165) is 12.6 Å². The minimum absolute atomic E-state index is 0.417. The van der Waals surface area contributed by atoms with Gasteiger partial charge < -0.3 is 5.11 Å². The van der Waals surface area contributed by atoms with Gasteiger partial charge in [-0.3, -0.25) is 9.67 Å². The second-order valence-electron chi connectivity index (χ2n) is 4.40. The van der Waals surface area contributed by atoms with Crippen LogP contribution in [0.3, 0.4) is 0 Å². The summed E-state index contributed by atoms with van der Waals surface area (Å²) in [6.45, 7) is 4.36. The minimum atomic E-state index is -1.30. The molecule has 2 aromatic rings. The number of aryl methyl sites for hydroxylation is 1. The molecule has 2 heterocycles. The fourth-order valence-corrected chi connectivity index (χ4v) is 1.96. The average molecular weight is 249 g/mol. The first-order chi connectivity index (χ1) is 8.55. The zero-order valence-electron chi connectivity index (χ0n) is 10.5. The first-order valence-electron chi connectivity index (χ1n) is 5.91. The largest absolute Gasteiger partial charge is 0.379 e. The highest BCUT2D eigenvalue weighted by molar-refractivity contribution is 5.29. The van der Waals surface area contributed by atoms with Gasteiger partial charge in [0.1, 0.15) is 11.4 Å². The number of halogens is 1. The van der Waals surface area contributed by atoms with Crippen molar-refractivity contribution >= 4 is 0 Å². The van der Waals surface area contributed by atoms with Crippen molar-refractivity contribution in [2.75, 3.05) is 0 Å². The van der Waals surface area contributed by atoms with Gasteiger partial charge in [-0.25, -0.2) is 4.39 Å². The average Bonchev–Trinajstić information content (AvgIpc) is 2.78. The number of nitrogens with zero attached hydrogens (tertiary/aromatic N) is 3. The molecule has 0 saturated carbocycles. The predicted octanol–water partition coefficient (Wildman–Crippen LogP) is 2.08. The molecule has 5 heteroatoms. The molecule has 4 nitrogen and oxygen atoms in total. The lowest BCUT2D eigenvalue weighted by atomic mass is 9.94. The van der Waals surface area contributed by atoms with Crippen molar-refractivity contribution in [3.05, 3.63) is 47.8 Å². The number of pyridine rings is 1. The van der Waals surface area contributed by atoms with E-state index >= 15 is 0 Å². The molecule has 0 aliphatic carbocycles. The Balaban J connectivity index is 2.44. The molecule has 0 aliphatic rings. The summed E-state index contributed by atoms with van der Waals surface area (Å²) >= 11 is 0. The summed E-state index contributed by atoms with van der Waals surface area (Å²) in [6.07, 6.45) is 5.12. The molecule has 0 fully saturated rings. The van der Waals surface area contributed by atoms with Crippen molar-refractivity contribution in [3.63, 3.8) is 0 Å². The van der Waals surface area contributed by atoms with Gasteiger partial charge in [-0.2, -0.15) is 5.10 Å². The van der Waals surface area contributed by atoms with Gasteiger partial charge in [-0.1, -0.05) is 6.92 Å². The molecule has 1 unspecified atom stereocenters. The molecular weight excluding hydrogens is 233 g/mol. The van der Waals surface area contributed by atoms with Gasteiger partial charge in [-0.15, -0.1) is 0 Å². The van der Waals surface area contributed by atoms with Crippen molar-refractivity contribution in [2.45, 2.75) is 32.4 Å². The Kier molecular flexibility index (Phi) is 3.43. The third-order valence-electron chi connectivity index (χ3n) is 2.92. The third kappa shape index (κ3) is 2.26. The van der Waals surface area contributed by atoms with E-state index in [4.69, 9.17) is 0 Å². The molecule has 0 amide bonds. The van der Waals surface area contributed by atoms with Crippen LogP contribution < -0.4 is 0 Å². The van der Waals surface area contributed by atoms with Crippen LogP contribution in [0.4, 0.5) is 4.39 Å². The summed E-state index contributed by atoms with van der Waals surface area (Å²) in [7, 11) is 0. The van der Waals surface area contributed by atoms with Crippen LogP contribution in [0.5, 0.6) is 0 Å². The van der Waals surface area contributed by atoms with Crippen LogP contribution in [-0.2, 0) is 12.1 Å². The molecule has 0 spiro atoms. The molecule has 96 valence electrons. The highest BCUT2D eigenvalue weighted by Gasteiger charge is 2.29. The maximum atomic E-state index is 13.2. The molecule has 2 aromatic heterocycles. The molecule has 0 bridgehead atoms. The Morgan fingerprint density at radius 3 is 2.89 bits per heavy atom. The summed E-state index contributed by atoms with van der Waals surface area (Å²) in [5, 5.41) is 14.8. The van der Waals surface area contributed by atoms with Gasteiger partial charge in [-0.05, 0) is 25.5 Å². The van der Waals surface area contributed by atoms with Crippen LogP contribution in [0.1, 0.15) is 31.5 Å². The van der Waals surface area contributed by atoms with E-state index in [0.29, 0.717) is 17.8 Å². The van der Waals surface area contributed by atoms with Crippen molar-refractivity contribution in [1.29, 1.82) is 0 Å². The van der Waals surface area contributed by atoms with Crippen molar-refractivity contribution in [3.8, 4) is 0 Å². The first-order valence-corrected chi connectivity index (χ1v) is 5.91. The van der Waals surface area contributed by atoms with Gasteiger partial charge in [0, 0.05) is 24.5 Å². The second kappa shape index (κ2) is 4.86. The number of aliphatic hydroxyl groups is 1. The van der Waals surface area contributed by atoms with Crippen LogP contribution in [0.15, 0.2) is 30.7 Å². The van der Waals surface area contributed by atoms with Gasteiger partial charge in [0.15, 0.2) is 0 Å². The van der Waals surface area contributed by atoms with E-state index < -0.39 is 11.4 Å². The van der Waals surface area contributed by atoms with Gasteiger partial charge in [0.05, 0.1) is 11.9 Å². The van der Waals surface area contributed by atoms with Crippen LogP contribution in [0.25, 0.3) is 0 Å². The van der Waals surface area contributed by atoms with Crippen LogP contribution in [-0.4, -0.2) is 19.9 Å². The van der Waals surface area contributed by atoms with E-state index in [-0.39, 0.29) is 0 Å². The molecule has 0 saturated heterocycles. The zero-order chi connectivity index (χ0) is 13.2. The summed E-state index contributed by atoms with van der Waals surface area (Å²) in [4.78, 5) is 3.77. The standard InChI is InChI=1S/C13H16FN3O/c1-3-6-17-12(4-5-16-17)13(2,18)10-7-11(14)9-15-8-10/h4-5,7-9,18H,3,6H2,1-2H3. The Hall–Kier alpha value is -1.75. The Labute approximate surface area is 105 Å². The van der Waals surface area contributed by atoms with Gasteiger partial charge in [0.2, 0.25) is 0 Å². The smallest absolute Gasteiger partial charge is 0.141 e. The fraction of sp³-hybridized carbons (Fsp3) is 0.385. The summed E-state index contributed by atoms with van der Waals surface area (Å²) in [5.74, 6) is -0.464. The van der Waals surface area contributed by atoms with Crippen LogP contribution in [0, 0.1) is 5.82 Å². The highest BCUT2D eigenvalue weighted by Crippen LogP contribution is 2.28. The van der Waals surface area contributed by atoms with Gasteiger partial charge >= 0.3 is 0 Å². The summed E-state index contributed by atoms with van der Waals surface area (Å²) in [6, 6.07) is 3.02. The monoisotopic (exact) mass is 249 g/mol. The van der Waals surface area contributed by atoms with Crippen LogP contribution in [0.2, 0.25) is 0 Å². The van der Waals surface area contributed by atoms with E-state index in [9.17, 15) is 9.50 Å². The van der Waals surface area contributed by atoms with E-state index in [1.54, 1.807) is 23.9 Å². The highest BCUT2D eigenvalue weighted by atomic mass is 19.1. The number of rotatable bonds is 4. The molecular formula is C13H16FN3O. The third-order valence-corrected chi connectivity index (χ3v) is 2.92. The number of hydrogen-bond donors (Lipinski definition) is 1. The Morgan fingerprint density at radius 1 is 1.44 bits per heavy atom. The van der Waals surface area contributed by atoms with Crippen molar-refractivity contribution < 1.29 is 9.50 Å². The number of hydrogen-bond acceptors (Lipinski definition) is 3. The molecule has 2 rings (SSSR count). The molecule has 18 heavy (non-hydrogen) atoms. The lowest BCUT2D eigenvalue weighted by Crippen LogP contribution is -2.27. The molecule has 0 aromatic carbocycles. The lowest BCUT2D eigenvalue weighted by molar-refractivity contribution is 0.0906. The normalized spacial score (nSPS) is 14.4. The van der Waals surface area contributed by atoms with E-state index in [1.165, 1.54) is 12.3 Å². The van der Waals surface area contributed by atoms with Crippen molar-refractivity contribution in [1.82, 2.24) is 14.8 Å². The zero-order valence-corrected chi connectivity index (χ0v) is 10.5. The molecule has 0 radical (unpaired) electrons. The van der Waals surface area contributed by atoms with Crippen LogP contribution >= 0.6 is 0 Å². The first kappa shape index (κ1) is 12.7. The maximum absolute atomic E-state index is 13.2. The molecule has 0 aliphatic heterocycles. The fourth-order valence-electron chi connectivity index (χ4n) is 1.96. The van der Waals surface area contributed by atoms with Gasteiger partial charge in [0.25, 0.3) is 0 Å². The molecule has 1 atom stereocenters. The topological polar surface area (TPSA) is 50.9 Å². The Bertz CT molecular complexity index is 537. The molecule has 1 N–H and O–H groups in total. The SMILES string of the molecule is CCCn1nccc1C(C)(O)c1cncc(F)c1. The summed E-state index contributed by atoms with van der Waals surface area (Å²) in [5.41, 5.74) is -0.252. The minimum Gasteiger partial charge on any atom is -0.379 e. The quantitative estimate of drug-likeness (QED) is 0.902. The van der Waals surface area contributed by atoms with Crippen molar-refractivity contribution in [2.24, 2.45) is 0 Å². The van der Waals surface area contributed by atoms with E-state index in [2.05, 4.69) is 10.1 Å². The lowest BCUT2D eigenvalue weighted by Gasteiger charge is -2.24. The second-order valence-corrected chi connectivity index (χ2v) is 4.40. The maximum Gasteiger partial charge on any atom is 0.141 e.